The van der Waals surface area contributed by atoms with Gasteiger partial charge in [-0.2, -0.15) is 0 Å². The Morgan fingerprint density at radius 2 is 1.80 bits per heavy atom. The highest BCUT2D eigenvalue weighted by Gasteiger charge is 2.28. The Hall–Kier alpha value is -1.06. The van der Waals surface area contributed by atoms with Crippen LogP contribution < -0.4 is 0 Å². The van der Waals surface area contributed by atoms with Crippen LogP contribution in [0.4, 0.5) is 0 Å². The minimum atomic E-state index is -0.387. The van der Waals surface area contributed by atoms with Crippen molar-refractivity contribution < 1.29 is 19.1 Å². The lowest BCUT2D eigenvalue weighted by Gasteiger charge is -2.19. The molecule has 0 saturated heterocycles. The molecule has 0 heterocycles. The molecule has 0 aliphatic carbocycles. The number of hydrogen-bond donors (Lipinski definition) is 0. The van der Waals surface area contributed by atoms with Gasteiger partial charge in [0, 0.05) is 0 Å². The molecule has 0 aromatic carbocycles. The maximum atomic E-state index is 11.4. The summed E-state index contributed by atoms with van der Waals surface area (Å²) in [5.41, 5.74) is 0. The first-order valence-corrected chi connectivity index (χ1v) is 5.21. The predicted octanol–water partition coefficient (Wildman–Crippen LogP) is 1.77. The number of carbonyl (C=O) groups excluding carboxylic acids is 2. The second-order valence-corrected chi connectivity index (χ2v) is 3.68. The number of ether oxygens (including phenoxy) is 2. The van der Waals surface area contributed by atoms with Gasteiger partial charge in [-0.1, -0.05) is 26.7 Å². The smallest absolute Gasteiger partial charge is 0.309 e. The fourth-order valence-electron chi connectivity index (χ4n) is 1.59. The number of rotatable bonds is 6. The second kappa shape index (κ2) is 7.26. The van der Waals surface area contributed by atoms with Crippen molar-refractivity contribution in [2.45, 2.75) is 33.1 Å². The van der Waals surface area contributed by atoms with Crippen LogP contribution in [0.3, 0.4) is 0 Å². The van der Waals surface area contributed by atoms with Crippen molar-refractivity contribution in [2.24, 2.45) is 11.8 Å². The highest BCUT2D eigenvalue weighted by Crippen LogP contribution is 2.22. The van der Waals surface area contributed by atoms with E-state index in [0.717, 1.165) is 12.8 Å². The molecule has 4 heteroatoms. The third-order valence-corrected chi connectivity index (χ3v) is 2.55. The number of carbonyl (C=O) groups is 2. The van der Waals surface area contributed by atoms with Gasteiger partial charge in [-0.3, -0.25) is 9.59 Å². The Morgan fingerprint density at radius 3 is 2.20 bits per heavy atom. The zero-order valence-electron chi connectivity index (χ0n) is 9.91. The lowest BCUT2D eigenvalue weighted by atomic mass is 9.88. The molecule has 88 valence electrons. The average Bonchev–Trinajstić information content (AvgIpc) is 2.24. The van der Waals surface area contributed by atoms with Crippen LogP contribution in [0.1, 0.15) is 33.1 Å². The van der Waals surface area contributed by atoms with E-state index in [0.29, 0.717) is 0 Å². The van der Waals surface area contributed by atoms with Crippen molar-refractivity contribution in [3.05, 3.63) is 0 Å². The minimum Gasteiger partial charge on any atom is -0.469 e. The van der Waals surface area contributed by atoms with Crippen LogP contribution in [-0.4, -0.2) is 26.2 Å². The topological polar surface area (TPSA) is 52.6 Å². The molecule has 4 nitrogen and oxygen atoms in total. The van der Waals surface area contributed by atoms with Crippen molar-refractivity contribution >= 4 is 11.9 Å². The molecule has 0 amide bonds. The molecule has 0 aromatic heterocycles. The summed E-state index contributed by atoms with van der Waals surface area (Å²) in [6.07, 6.45) is 1.98. The van der Waals surface area contributed by atoms with Crippen LogP contribution in [0.25, 0.3) is 0 Å². The standard InChI is InChI=1S/C11H20O4/c1-5-6-8(2)9(11(13)15-4)7-10(12)14-3/h8-9H,5-7H2,1-4H3. The van der Waals surface area contributed by atoms with Gasteiger partial charge in [-0.15, -0.1) is 0 Å². The average molecular weight is 216 g/mol. The van der Waals surface area contributed by atoms with Gasteiger partial charge in [0.25, 0.3) is 0 Å². The molecule has 0 N–H and O–H groups in total. The molecule has 0 saturated carbocycles. The molecule has 2 unspecified atom stereocenters. The minimum absolute atomic E-state index is 0.102. The van der Waals surface area contributed by atoms with Crippen molar-refractivity contribution in [1.82, 2.24) is 0 Å². The van der Waals surface area contributed by atoms with E-state index in [1.807, 2.05) is 13.8 Å². The van der Waals surface area contributed by atoms with Crippen LogP contribution >= 0.6 is 0 Å². The lowest BCUT2D eigenvalue weighted by molar-refractivity contribution is -0.153. The van der Waals surface area contributed by atoms with Gasteiger partial charge in [0.05, 0.1) is 26.6 Å². The van der Waals surface area contributed by atoms with Crippen molar-refractivity contribution in [3.8, 4) is 0 Å². The predicted molar refractivity (Wildman–Crippen MR) is 56.2 cm³/mol. The molecular formula is C11H20O4. The highest BCUT2D eigenvalue weighted by atomic mass is 16.5. The van der Waals surface area contributed by atoms with Crippen LogP contribution in [-0.2, 0) is 19.1 Å². The fourth-order valence-corrected chi connectivity index (χ4v) is 1.59. The van der Waals surface area contributed by atoms with E-state index in [1.165, 1.54) is 14.2 Å². The Bertz CT molecular complexity index is 213. The van der Waals surface area contributed by atoms with Crippen molar-refractivity contribution in [1.29, 1.82) is 0 Å². The zero-order chi connectivity index (χ0) is 11.8. The molecule has 0 fully saturated rings. The fraction of sp³-hybridized carbons (Fsp3) is 0.818. The van der Waals surface area contributed by atoms with Gasteiger partial charge in [0.1, 0.15) is 0 Å². The second-order valence-electron chi connectivity index (χ2n) is 3.68. The summed E-state index contributed by atoms with van der Waals surface area (Å²) in [6, 6.07) is 0. The molecule has 0 spiro atoms. The normalized spacial score (nSPS) is 14.1. The summed E-state index contributed by atoms with van der Waals surface area (Å²) < 4.78 is 9.24. The largest absolute Gasteiger partial charge is 0.469 e. The molecule has 0 bridgehead atoms. The van der Waals surface area contributed by atoms with E-state index in [4.69, 9.17) is 0 Å². The maximum absolute atomic E-state index is 11.4. The lowest BCUT2D eigenvalue weighted by Crippen LogP contribution is -2.26. The molecule has 2 atom stereocenters. The van der Waals surface area contributed by atoms with Crippen LogP contribution in [0.15, 0.2) is 0 Å². The summed E-state index contributed by atoms with van der Waals surface area (Å²) in [5, 5.41) is 0. The van der Waals surface area contributed by atoms with E-state index < -0.39 is 0 Å². The van der Waals surface area contributed by atoms with E-state index in [-0.39, 0.29) is 30.2 Å². The SMILES string of the molecule is CCCC(C)C(CC(=O)OC)C(=O)OC. The third kappa shape index (κ3) is 4.81. The highest BCUT2D eigenvalue weighted by molar-refractivity contribution is 5.80. The molecule has 0 aliphatic rings. The van der Waals surface area contributed by atoms with Gasteiger partial charge in [-0.05, 0) is 5.92 Å². The maximum Gasteiger partial charge on any atom is 0.309 e. The van der Waals surface area contributed by atoms with Crippen LogP contribution in [0, 0.1) is 11.8 Å². The first-order chi connectivity index (χ1) is 7.06. The van der Waals surface area contributed by atoms with Crippen molar-refractivity contribution in [2.75, 3.05) is 14.2 Å². The van der Waals surface area contributed by atoms with E-state index in [1.54, 1.807) is 0 Å². The summed E-state index contributed by atoms with van der Waals surface area (Å²) in [5.74, 6) is -0.946. The van der Waals surface area contributed by atoms with E-state index in [9.17, 15) is 9.59 Å². The molecule has 0 radical (unpaired) electrons. The molecule has 0 aliphatic heterocycles. The Morgan fingerprint density at radius 1 is 1.20 bits per heavy atom. The monoisotopic (exact) mass is 216 g/mol. The number of hydrogen-bond acceptors (Lipinski definition) is 4. The van der Waals surface area contributed by atoms with E-state index >= 15 is 0 Å². The van der Waals surface area contributed by atoms with Crippen molar-refractivity contribution in [3.63, 3.8) is 0 Å². The van der Waals surface area contributed by atoms with Gasteiger partial charge in [-0.25, -0.2) is 0 Å². The molecule has 15 heavy (non-hydrogen) atoms. The third-order valence-electron chi connectivity index (χ3n) is 2.55. The molecular weight excluding hydrogens is 196 g/mol. The summed E-state index contributed by atoms with van der Waals surface area (Å²) in [6.45, 7) is 4.00. The summed E-state index contributed by atoms with van der Waals surface area (Å²) in [4.78, 5) is 22.6. The molecule has 0 rings (SSSR count). The van der Waals surface area contributed by atoms with Gasteiger partial charge < -0.3 is 9.47 Å². The quantitative estimate of drug-likeness (QED) is 0.635. The summed E-state index contributed by atoms with van der Waals surface area (Å²) in [7, 11) is 2.66. The molecule has 0 aromatic rings. The van der Waals surface area contributed by atoms with Crippen LogP contribution in [0.5, 0.6) is 0 Å². The van der Waals surface area contributed by atoms with Crippen LogP contribution in [0.2, 0.25) is 0 Å². The Kier molecular flexibility index (Phi) is 6.75. The summed E-state index contributed by atoms with van der Waals surface area (Å²) >= 11 is 0. The first kappa shape index (κ1) is 13.9. The number of methoxy groups -OCH3 is 2. The zero-order valence-corrected chi connectivity index (χ0v) is 9.91. The van der Waals surface area contributed by atoms with E-state index in [2.05, 4.69) is 9.47 Å². The number of esters is 2. The van der Waals surface area contributed by atoms with Gasteiger partial charge in [0.15, 0.2) is 0 Å². The Balaban J connectivity index is 4.43. The Labute approximate surface area is 90.9 Å². The first-order valence-electron chi connectivity index (χ1n) is 5.21. The van der Waals surface area contributed by atoms with Gasteiger partial charge >= 0.3 is 11.9 Å². The van der Waals surface area contributed by atoms with Gasteiger partial charge in [0.2, 0.25) is 0 Å².